The molecule has 2 aliphatic rings. The Labute approximate surface area is 213 Å². The number of para-hydroxylation sites is 2. The first-order chi connectivity index (χ1) is 17.7. The SMILES string of the molecule is CN1CCN(C2CCN(Cc3ccccc3)CC2)CCOc2ccccc2Oc2ncccc2C1=O. The van der Waals surface area contributed by atoms with Gasteiger partial charge in [-0.2, -0.15) is 0 Å². The van der Waals surface area contributed by atoms with E-state index < -0.39 is 0 Å². The minimum Gasteiger partial charge on any atom is -0.488 e. The van der Waals surface area contributed by atoms with Gasteiger partial charge in [0, 0.05) is 45.5 Å². The number of likely N-dealkylation sites (tertiary alicyclic amines) is 1. The van der Waals surface area contributed by atoms with Crippen molar-refractivity contribution in [3.8, 4) is 17.4 Å². The van der Waals surface area contributed by atoms with E-state index in [9.17, 15) is 4.79 Å². The number of aromatic nitrogens is 1. The highest BCUT2D eigenvalue weighted by Gasteiger charge is 2.26. The van der Waals surface area contributed by atoms with Gasteiger partial charge in [-0.05, 0) is 55.8 Å². The van der Waals surface area contributed by atoms with Gasteiger partial charge in [-0.1, -0.05) is 42.5 Å². The van der Waals surface area contributed by atoms with E-state index in [2.05, 4.69) is 45.1 Å². The molecule has 1 saturated heterocycles. The number of ether oxygens (including phenoxy) is 2. The first-order valence-corrected chi connectivity index (χ1v) is 12.8. The van der Waals surface area contributed by atoms with Crippen molar-refractivity contribution < 1.29 is 14.3 Å². The van der Waals surface area contributed by atoms with Crippen LogP contribution in [0.15, 0.2) is 72.9 Å². The number of carbonyl (C=O) groups is 1. The van der Waals surface area contributed by atoms with Gasteiger partial charge in [0.15, 0.2) is 11.5 Å². The molecule has 0 atom stereocenters. The van der Waals surface area contributed by atoms with E-state index in [0.717, 1.165) is 45.6 Å². The van der Waals surface area contributed by atoms with E-state index >= 15 is 0 Å². The molecule has 3 aromatic rings. The van der Waals surface area contributed by atoms with Crippen LogP contribution in [0, 0.1) is 0 Å². The van der Waals surface area contributed by atoms with Gasteiger partial charge in [-0.25, -0.2) is 4.98 Å². The Morgan fingerprint density at radius 3 is 2.42 bits per heavy atom. The number of hydrogen-bond acceptors (Lipinski definition) is 6. The molecule has 3 heterocycles. The lowest BCUT2D eigenvalue weighted by Crippen LogP contribution is -2.48. The third-order valence-electron chi connectivity index (χ3n) is 7.09. The average Bonchev–Trinajstić information content (AvgIpc) is 2.93. The summed E-state index contributed by atoms with van der Waals surface area (Å²) in [5, 5.41) is 0. The highest BCUT2D eigenvalue weighted by molar-refractivity contribution is 5.96. The van der Waals surface area contributed by atoms with Gasteiger partial charge in [-0.3, -0.25) is 14.6 Å². The van der Waals surface area contributed by atoms with Crippen LogP contribution in [0.2, 0.25) is 0 Å². The lowest BCUT2D eigenvalue weighted by atomic mass is 10.0. The minimum absolute atomic E-state index is 0.0895. The standard InChI is InChI=1S/C29H34N4O3/c1-31-18-19-33(24-13-16-32(17-14-24)22-23-8-3-2-4-9-23)20-21-35-26-11-5-6-12-27(26)36-28-25(29(31)34)10-7-15-30-28/h2-12,15,24H,13-14,16-22H2,1H3. The smallest absolute Gasteiger partial charge is 0.259 e. The second-order valence-electron chi connectivity index (χ2n) is 9.51. The van der Waals surface area contributed by atoms with Crippen molar-refractivity contribution in [3.63, 3.8) is 0 Å². The molecule has 1 aromatic heterocycles. The molecular weight excluding hydrogens is 452 g/mol. The Morgan fingerprint density at radius 2 is 1.61 bits per heavy atom. The predicted octanol–water partition coefficient (Wildman–Crippen LogP) is 4.30. The van der Waals surface area contributed by atoms with Crippen LogP contribution >= 0.6 is 0 Å². The molecule has 5 rings (SSSR count). The van der Waals surface area contributed by atoms with Crippen LogP contribution < -0.4 is 9.47 Å². The summed E-state index contributed by atoms with van der Waals surface area (Å²) in [4.78, 5) is 24.4. The molecule has 0 radical (unpaired) electrons. The molecular formula is C29H34N4O3. The van der Waals surface area contributed by atoms with Crippen molar-refractivity contribution in [2.24, 2.45) is 0 Å². The maximum atomic E-state index is 13.3. The zero-order valence-corrected chi connectivity index (χ0v) is 20.9. The quantitative estimate of drug-likeness (QED) is 0.550. The topological polar surface area (TPSA) is 58.1 Å². The molecule has 1 fully saturated rings. The van der Waals surface area contributed by atoms with E-state index in [1.807, 2.05) is 31.3 Å². The number of rotatable bonds is 3. The molecule has 0 bridgehead atoms. The fourth-order valence-corrected chi connectivity index (χ4v) is 5.01. The molecule has 0 N–H and O–H groups in total. The van der Waals surface area contributed by atoms with Crippen LogP contribution in [0.4, 0.5) is 0 Å². The second kappa shape index (κ2) is 11.5. The first kappa shape index (κ1) is 24.3. The molecule has 0 spiro atoms. The van der Waals surface area contributed by atoms with Crippen molar-refractivity contribution in [3.05, 3.63) is 84.1 Å². The zero-order chi connectivity index (χ0) is 24.7. The van der Waals surface area contributed by atoms with Gasteiger partial charge in [-0.15, -0.1) is 0 Å². The largest absolute Gasteiger partial charge is 0.488 e. The van der Waals surface area contributed by atoms with Gasteiger partial charge in [0.1, 0.15) is 12.2 Å². The van der Waals surface area contributed by atoms with Gasteiger partial charge in [0.05, 0.1) is 0 Å². The van der Waals surface area contributed by atoms with E-state index in [-0.39, 0.29) is 5.91 Å². The predicted molar refractivity (Wildman–Crippen MR) is 140 cm³/mol. The minimum atomic E-state index is -0.0895. The highest BCUT2D eigenvalue weighted by atomic mass is 16.5. The molecule has 0 aliphatic carbocycles. The molecule has 188 valence electrons. The van der Waals surface area contributed by atoms with E-state index in [1.54, 1.807) is 23.2 Å². The lowest BCUT2D eigenvalue weighted by molar-refractivity contribution is 0.0685. The van der Waals surface area contributed by atoms with Crippen LogP contribution in [-0.2, 0) is 6.54 Å². The molecule has 7 nitrogen and oxygen atoms in total. The molecule has 0 unspecified atom stereocenters. The number of piperidine rings is 1. The summed E-state index contributed by atoms with van der Waals surface area (Å²) in [7, 11) is 1.85. The maximum Gasteiger partial charge on any atom is 0.259 e. The summed E-state index contributed by atoms with van der Waals surface area (Å²) in [6, 6.07) is 22.3. The third kappa shape index (κ3) is 5.86. The Hall–Kier alpha value is -3.42. The van der Waals surface area contributed by atoms with Crippen molar-refractivity contribution in [2.75, 3.05) is 46.4 Å². The zero-order valence-electron chi connectivity index (χ0n) is 20.9. The Balaban J connectivity index is 1.30. The summed E-state index contributed by atoms with van der Waals surface area (Å²) < 4.78 is 12.3. The number of hydrogen-bond donors (Lipinski definition) is 0. The summed E-state index contributed by atoms with van der Waals surface area (Å²) in [5.74, 6) is 1.43. The van der Waals surface area contributed by atoms with Crippen molar-refractivity contribution in [2.45, 2.75) is 25.4 Å². The van der Waals surface area contributed by atoms with Crippen LogP contribution in [0.25, 0.3) is 0 Å². The third-order valence-corrected chi connectivity index (χ3v) is 7.09. The normalized spacial score (nSPS) is 18.6. The van der Waals surface area contributed by atoms with Gasteiger partial charge in [0.2, 0.25) is 5.88 Å². The van der Waals surface area contributed by atoms with Crippen LogP contribution in [0.3, 0.4) is 0 Å². The van der Waals surface area contributed by atoms with Gasteiger partial charge in [0.25, 0.3) is 5.91 Å². The Morgan fingerprint density at radius 1 is 0.861 bits per heavy atom. The fourth-order valence-electron chi connectivity index (χ4n) is 5.01. The van der Waals surface area contributed by atoms with E-state index in [0.29, 0.717) is 42.1 Å². The number of nitrogens with zero attached hydrogens (tertiary/aromatic N) is 4. The molecule has 1 amide bonds. The number of likely N-dealkylation sites (N-methyl/N-ethyl adjacent to an activating group) is 1. The second-order valence-corrected chi connectivity index (χ2v) is 9.51. The van der Waals surface area contributed by atoms with Crippen molar-refractivity contribution >= 4 is 5.91 Å². The van der Waals surface area contributed by atoms with Crippen LogP contribution in [0.1, 0.15) is 28.8 Å². The number of pyridine rings is 1. The Kier molecular flexibility index (Phi) is 7.79. The van der Waals surface area contributed by atoms with E-state index in [1.165, 1.54) is 5.56 Å². The molecule has 0 saturated carbocycles. The summed E-state index contributed by atoms with van der Waals surface area (Å²) in [5.41, 5.74) is 1.82. The highest BCUT2D eigenvalue weighted by Crippen LogP contribution is 2.32. The van der Waals surface area contributed by atoms with Crippen LogP contribution in [-0.4, -0.2) is 78.0 Å². The number of benzene rings is 2. The average molecular weight is 487 g/mol. The summed E-state index contributed by atoms with van der Waals surface area (Å²) in [6.45, 7) is 5.92. The number of fused-ring (bicyclic) bond motifs is 2. The number of amides is 1. The maximum absolute atomic E-state index is 13.3. The van der Waals surface area contributed by atoms with Crippen molar-refractivity contribution in [1.29, 1.82) is 0 Å². The van der Waals surface area contributed by atoms with Gasteiger partial charge >= 0.3 is 0 Å². The molecule has 7 heteroatoms. The first-order valence-electron chi connectivity index (χ1n) is 12.8. The van der Waals surface area contributed by atoms with E-state index in [4.69, 9.17) is 9.47 Å². The fraction of sp³-hybridized carbons (Fsp3) is 0.379. The Bertz CT molecular complexity index is 1150. The number of carbonyl (C=O) groups excluding carboxylic acids is 1. The summed E-state index contributed by atoms with van der Waals surface area (Å²) >= 11 is 0. The molecule has 2 aromatic carbocycles. The van der Waals surface area contributed by atoms with Crippen molar-refractivity contribution in [1.82, 2.24) is 19.7 Å². The molecule has 36 heavy (non-hydrogen) atoms. The molecule has 2 aliphatic heterocycles. The van der Waals surface area contributed by atoms with Crippen LogP contribution in [0.5, 0.6) is 17.4 Å². The monoisotopic (exact) mass is 486 g/mol. The summed E-state index contributed by atoms with van der Waals surface area (Å²) in [6.07, 6.45) is 3.85. The van der Waals surface area contributed by atoms with Gasteiger partial charge < -0.3 is 14.4 Å². The lowest BCUT2D eigenvalue weighted by Gasteiger charge is -2.39.